The van der Waals surface area contributed by atoms with Gasteiger partial charge in [-0.2, -0.15) is 0 Å². The summed E-state index contributed by atoms with van der Waals surface area (Å²) in [7, 11) is 0. The van der Waals surface area contributed by atoms with E-state index in [1.807, 2.05) is 0 Å². The topological polar surface area (TPSA) is 62.4 Å². The zero-order valence-corrected chi connectivity index (χ0v) is 10.1. The molecule has 4 nitrogen and oxygen atoms in total. The first-order chi connectivity index (χ1) is 7.11. The molecule has 1 atom stereocenters. The molecule has 0 aromatic rings. The van der Waals surface area contributed by atoms with E-state index in [4.69, 9.17) is 5.84 Å². The molecule has 4 heteroatoms. The number of guanidine groups is 1. The van der Waals surface area contributed by atoms with Crippen LogP contribution in [0.25, 0.3) is 0 Å². The molecule has 0 spiro atoms. The summed E-state index contributed by atoms with van der Waals surface area (Å²) in [4.78, 5) is 4.38. The molecule has 15 heavy (non-hydrogen) atoms. The molecule has 0 radical (unpaired) electrons. The van der Waals surface area contributed by atoms with Gasteiger partial charge in [0.15, 0.2) is 0 Å². The Bertz CT molecular complexity index is 209. The Balaban J connectivity index is 2.26. The first-order valence-corrected chi connectivity index (χ1v) is 5.89. The SMILES string of the molecule is CC(C)CN=C(NN)NC(C)CC1CC1. The molecular weight excluding hydrogens is 188 g/mol. The van der Waals surface area contributed by atoms with Crippen LogP contribution >= 0.6 is 0 Å². The van der Waals surface area contributed by atoms with Crippen LogP contribution in [0, 0.1) is 11.8 Å². The van der Waals surface area contributed by atoms with Crippen molar-refractivity contribution in [1.82, 2.24) is 10.7 Å². The number of nitrogens with zero attached hydrogens (tertiary/aromatic N) is 1. The fraction of sp³-hybridized carbons (Fsp3) is 0.909. The van der Waals surface area contributed by atoms with Gasteiger partial charge in [0.2, 0.25) is 5.96 Å². The number of hydrazine groups is 1. The van der Waals surface area contributed by atoms with Gasteiger partial charge in [-0.15, -0.1) is 0 Å². The average molecular weight is 212 g/mol. The number of aliphatic imine (C=N–C) groups is 1. The van der Waals surface area contributed by atoms with Crippen LogP contribution in [-0.2, 0) is 0 Å². The van der Waals surface area contributed by atoms with Crippen LogP contribution in [0.1, 0.15) is 40.0 Å². The summed E-state index contributed by atoms with van der Waals surface area (Å²) < 4.78 is 0. The lowest BCUT2D eigenvalue weighted by Gasteiger charge is -2.16. The van der Waals surface area contributed by atoms with Crippen molar-refractivity contribution in [2.45, 2.75) is 46.1 Å². The molecule has 1 saturated carbocycles. The van der Waals surface area contributed by atoms with Crippen LogP contribution in [-0.4, -0.2) is 18.5 Å². The van der Waals surface area contributed by atoms with Crippen molar-refractivity contribution in [1.29, 1.82) is 0 Å². The third kappa shape index (κ3) is 5.62. The van der Waals surface area contributed by atoms with E-state index in [1.54, 1.807) is 0 Å². The Morgan fingerprint density at radius 2 is 2.07 bits per heavy atom. The first-order valence-electron chi connectivity index (χ1n) is 5.89. The van der Waals surface area contributed by atoms with E-state index in [0.717, 1.165) is 18.4 Å². The van der Waals surface area contributed by atoms with E-state index in [2.05, 4.69) is 36.5 Å². The molecule has 4 N–H and O–H groups in total. The molecule has 1 aliphatic carbocycles. The van der Waals surface area contributed by atoms with Gasteiger partial charge < -0.3 is 5.32 Å². The highest BCUT2D eigenvalue weighted by Crippen LogP contribution is 2.33. The molecular formula is C11H24N4. The van der Waals surface area contributed by atoms with Crippen molar-refractivity contribution < 1.29 is 0 Å². The van der Waals surface area contributed by atoms with Crippen LogP contribution in [0.3, 0.4) is 0 Å². The van der Waals surface area contributed by atoms with Gasteiger partial charge in [0.25, 0.3) is 0 Å². The lowest BCUT2D eigenvalue weighted by Crippen LogP contribution is -2.45. The largest absolute Gasteiger partial charge is 0.353 e. The van der Waals surface area contributed by atoms with Crippen molar-refractivity contribution >= 4 is 5.96 Å². The van der Waals surface area contributed by atoms with Crippen LogP contribution in [0.15, 0.2) is 4.99 Å². The summed E-state index contributed by atoms with van der Waals surface area (Å²) >= 11 is 0. The van der Waals surface area contributed by atoms with Crippen molar-refractivity contribution in [2.75, 3.05) is 6.54 Å². The minimum Gasteiger partial charge on any atom is -0.353 e. The van der Waals surface area contributed by atoms with E-state index in [-0.39, 0.29) is 0 Å². The first kappa shape index (κ1) is 12.3. The molecule has 0 saturated heterocycles. The van der Waals surface area contributed by atoms with Crippen LogP contribution in [0.5, 0.6) is 0 Å². The van der Waals surface area contributed by atoms with Crippen LogP contribution in [0.2, 0.25) is 0 Å². The zero-order valence-electron chi connectivity index (χ0n) is 10.1. The van der Waals surface area contributed by atoms with E-state index in [1.165, 1.54) is 19.3 Å². The summed E-state index contributed by atoms with van der Waals surface area (Å²) in [6.45, 7) is 7.28. The lowest BCUT2D eigenvalue weighted by atomic mass is 10.2. The van der Waals surface area contributed by atoms with Crippen LogP contribution < -0.4 is 16.6 Å². The fourth-order valence-electron chi connectivity index (χ4n) is 1.55. The third-order valence-corrected chi connectivity index (χ3v) is 2.52. The molecule has 0 amide bonds. The quantitative estimate of drug-likeness (QED) is 0.278. The van der Waals surface area contributed by atoms with Crippen molar-refractivity contribution in [3.63, 3.8) is 0 Å². The second-order valence-corrected chi connectivity index (χ2v) is 4.95. The molecule has 0 aliphatic heterocycles. The Hall–Kier alpha value is -0.770. The zero-order chi connectivity index (χ0) is 11.3. The normalized spacial score (nSPS) is 19.1. The molecule has 0 heterocycles. The molecule has 1 fully saturated rings. The van der Waals surface area contributed by atoms with Gasteiger partial charge in [0, 0.05) is 12.6 Å². The van der Waals surface area contributed by atoms with Gasteiger partial charge in [0.05, 0.1) is 0 Å². The Kier molecular flexibility index (Phi) is 4.88. The Morgan fingerprint density at radius 3 is 2.53 bits per heavy atom. The lowest BCUT2D eigenvalue weighted by molar-refractivity contribution is 0.551. The molecule has 88 valence electrons. The highest BCUT2D eigenvalue weighted by molar-refractivity contribution is 5.79. The van der Waals surface area contributed by atoms with Gasteiger partial charge in [-0.3, -0.25) is 10.4 Å². The van der Waals surface area contributed by atoms with Crippen molar-refractivity contribution in [3.05, 3.63) is 0 Å². The summed E-state index contributed by atoms with van der Waals surface area (Å²) in [5.41, 5.74) is 2.62. The second kappa shape index (κ2) is 5.95. The summed E-state index contributed by atoms with van der Waals surface area (Å²) in [6.07, 6.45) is 4.00. The Labute approximate surface area is 92.7 Å². The van der Waals surface area contributed by atoms with Crippen LogP contribution in [0.4, 0.5) is 0 Å². The fourth-order valence-corrected chi connectivity index (χ4v) is 1.55. The number of nitrogens with one attached hydrogen (secondary N) is 2. The number of hydrogen-bond acceptors (Lipinski definition) is 2. The maximum atomic E-state index is 5.41. The summed E-state index contributed by atoms with van der Waals surface area (Å²) in [6, 6.07) is 0.458. The van der Waals surface area contributed by atoms with Gasteiger partial charge >= 0.3 is 0 Å². The van der Waals surface area contributed by atoms with Crippen molar-refractivity contribution in [2.24, 2.45) is 22.7 Å². The standard InChI is InChI=1S/C11H24N4/c1-8(2)7-13-11(15-12)14-9(3)6-10-4-5-10/h8-10H,4-7,12H2,1-3H3,(H2,13,14,15). The maximum absolute atomic E-state index is 5.41. The number of rotatable bonds is 5. The van der Waals surface area contributed by atoms with Gasteiger partial charge in [-0.25, -0.2) is 5.84 Å². The average Bonchev–Trinajstić information content (AvgIpc) is 2.95. The predicted octanol–water partition coefficient (Wildman–Crippen LogP) is 1.24. The van der Waals surface area contributed by atoms with Crippen molar-refractivity contribution in [3.8, 4) is 0 Å². The van der Waals surface area contributed by atoms with Gasteiger partial charge in [0.1, 0.15) is 0 Å². The summed E-state index contributed by atoms with van der Waals surface area (Å²) in [5, 5.41) is 3.31. The van der Waals surface area contributed by atoms with E-state index in [9.17, 15) is 0 Å². The molecule has 0 bridgehead atoms. The number of hydrogen-bond donors (Lipinski definition) is 3. The third-order valence-electron chi connectivity index (χ3n) is 2.52. The summed E-state index contributed by atoms with van der Waals surface area (Å²) in [5.74, 6) is 7.62. The maximum Gasteiger partial charge on any atom is 0.205 e. The molecule has 0 aromatic carbocycles. The van der Waals surface area contributed by atoms with Gasteiger partial charge in [-0.1, -0.05) is 26.7 Å². The highest BCUT2D eigenvalue weighted by Gasteiger charge is 2.23. The van der Waals surface area contributed by atoms with E-state index >= 15 is 0 Å². The predicted molar refractivity (Wildman–Crippen MR) is 64.4 cm³/mol. The molecule has 1 rings (SSSR count). The monoisotopic (exact) mass is 212 g/mol. The smallest absolute Gasteiger partial charge is 0.205 e. The van der Waals surface area contributed by atoms with Gasteiger partial charge in [-0.05, 0) is 25.2 Å². The second-order valence-electron chi connectivity index (χ2n) is 4.95. The molecule has 0 aromatic heterocycles. The molecule has 1 aliphatic rings. The van der Waals surface area contributed by atoms with E-state index in [0.29, 0.717) is 12.0 Å². The Morgan fingerprint density at radius 1 is 1.40 bits per heavy atom. The minimum absolute atomic E-state index is 0.458. The minimum atomic E-state index is 0.458. The highest BCUT2D eigenvalue weighted by atomic mass is 15.3. The van der Waals surface area contributed by atoms with E-state index < -0.39 is 0 Å². The number of nitrogens with two attached hydrogens (primary N) is 1. The molecule has 1 unspecified atom stereocenters.